The smallest absolute Gasteiger partial charge is 0.226 e. The van der Waals surface area contributed by atoms with Crippen LogP contribution in [0, 0.1) is 11.6 Å². The highest BCUT2D eigenvalue weighted by atomic mass is 79.9. The minimum Gasteiger partial charge on any atom is -0.345 e. The molecule has 1 aromatic rings. The summed E-state index contributed by atoms with van der Waals surface area (Å²) in [5.74, 6) is -1.88. The Morgan fingerprint density at radius 1 is 1.21 bits per heavy atom. The largest absolute Gasteiger partial charge is 0.345 e. The lowest BCUT2D eigenvalue weighted by atomic mass is 10.1. The zero-order chi connectivity index (χ0) is 14.3. The Bertz CT molecular complexity index is 426. The van der Waals surface area contributed by atoms with Crippen LogP contribution in [-0.2, 0) is 11.2 Å². The topological polar surface area (TPSA) is 20.3 Å². The number of rotatable bonds is 7. The van der Waals surface area contributed by atoms with Gasteiger partial charge in [-0.15, -0.1) is 0 Å². The first-order valence-corrected chi connectivity index (χ1v) is 7.40. The molecule has 0 spiro atoms. The van der Waals surface area contributed by atoms with Crippen molar-refractivity contribution in [3.8, 4) is 0 Å². The summed E-state index contributed by atoms with van der Waals surface area (Å²) < 4.78 is 25.8. The maximum atomic E-state index is 13.0. The van der Waals surface area contributed by atoms with Gasteiger partial charge in [-0.3, -0.25) is 4.79 Å². The van der Waals surface area contributed by atoms with E-state index < -0.39 is 11.6 Å². The van der Waals surface area contributed by atoms with E-state index >= 15 is 0 Å². The number of carbonyl (C=O) groups excluding carboxylic acids is 1. The average Bonchev–Trinajstić information content (AvgIpc) is 2.38. The van der Waals surface area contributed by atoms with E-state index in [2.05, 4.69) is 15.9 Å². The van der Waals surface area contributed by atoms with Gasteiger partial charge < -0.3 is 4.90 Å². The Morgan fingerprint density at radius 2 is 1.95 bits per heavy atom. The quantitative estimate of drug-likeness (QED) is 0.552. The first-order valence-electron chi connectivity index (χ1n) is 6.28. The lowest BCUT2D eigenvalue weighted by Crippen LogP contribution is -2.29. The van der Waals surface area contributed by atoms with Crippen LogP contribution < -0.4 is 0 Å². The van der Waals surface area contributed by atoms with E-state index in [0.717, 1.165) is 36.7 Å². The van der Waals surface area contributed by atoms with Gasteiger partial charge in [-0.2, -0.15) is 0 Å². The van der Waals surface area contributed by atoms with Crippen LogP contribution in [0.1, 0.15) is 24.8 Å². The summed E-state index contributed by atoms with van der Waals surface area (Å²) in [5.41, 5.74) is 0.496. The monoisotopic (exact) mass is 333 g/mol. The molecule has 1 aromatic carbocycles. The molecule has 0 aliphatic heterocycles. The highest BCUT2D eigenvalue weighted by Crippen LogP contribution is 2.10. The van der Waals surface area contributed by atoms with Crippen molar-refractivity contribution < 1.29 is 13.6 Å². The van der Waals surface area contributed by atoms with E-state index in [1.807, 2.05) is 0 Å². The molecule has 2 nitrogen and oxygen atoms in total. The van der Waals surface area contributed by atoms with E-state index in [-0.39, 0.29) is 12.3 Å². The Hall–Kier alpha value is -0.970. The molecule has 0 aromatic heterocycles. The molecule has 0 atom stereocenters. The van der Waals surface area contributed by atoms with E-state index in [9.17, 15) is 13.6 Å². The lowest BCUT2D eigenvalue weighted by molar-refractivity contribution is -0.129. The molecule has 0 saturated carbocycles. The van der Waals surface area contributed by atoms with Crippen LogP contribution in [0.4, 0.5) is 8.78 Å². The summed E-state index contributed by atoms with van der Waals surface area (Å²) >= 11 is 3.36. The highest BCUT2D eigenvalue weighted by molar-refractivity contribution is 9.09. The maximum Gasteiger partial charge on any atom is 0.226 e. The van der Waals surface area contributed by atoms with Crippen LogP contribution in [0.15, 0.2) is 18.2 Å². The van der Waals surface area contributed by atoms with Gasteiger partial charge in [0, 0.05) is 18.9 Å². The molecule has 19 heavy (non-hydrogen) atoms. The molecule has 0 saturated heterocycles. The minimum absolute atomic E-state index is 0.0788. The predicted octanol–water partition coefficient (Wildman–Crippen LogP) is 3.53. The average molecular weight is 334 g/mol. The molecule has 0 aliphatic carbocycles. The molecular formula is C14H18BrF2NO. The van der Waals surface area contributed by atoms with Gasteiger partial charge in [0.05, 0.1) is 6.42 Å². The number of likely N-dealkylation sites (N-methyl/N-ethyl adjacent to an activating group) is 1. The standard InChI is InChI=1S/C14H18BrF2NO/c1-18(8-4-2-3-7-15)14(19)10-11-5-6-12(16)13(17)9-11/h5-6,9H,2-4,7-8,10H2,1H3. The molecule has 0 bridgehead atoms. The van der Waals surface area contributed by atoms with Crippen LogP contribution in [0.3, 0.4) is 0 Å². The third-order valence-corrected chi connectivity index (χ3v) is 3.45. The van der Waals surface area contributed by atoms with Gasteiger partial charge >= 0.3 is 0 Å². The molecule has 0 radical (unpaired) electrons. The second-order valence-electron chi connectivity index (χ2n) is 4.49. The van der Waals surface area contributed by atoms with E-state index in [1.165, 1.54) is 6.07 Å². The highest BCUT2D eigenvalue weighted by Gasteiger charge is 2.11. The summed E-state index contributed by atoms with van der Waals surface area (Å²) in [6.45, 7) is 0.690. The van der Waals surface area contributed by atoms with Crippen molar-refractivity contribution in [2.45, 2.75) is 25.7 Å². The Balaban J connectivity index is 2.42. The number of hydrogen-bond acceptors (Lipinski definition) is 1. The van der Waals surface area contributed by atoms with Crippen LogP contribution >= 0.6 is 15.9 Å². The zero-order valence-corrected chi connectivity index (χ0v) is 12.6. The normalized spacial score (nSPS) is 10.5. The Labute approximate surface area is 120 Å². The van der Waals surface area contributed by atoms with Crippen molar-refractivity contribution >= 4 is 21.8 Å². The maximum absolute atomic E-state index is 13.0. The number of benzene rings is 1. The summed E-state index contributed by atoms with van der Waals surface area (Å²) in [6.07, 6.45) is 3.21. The first kappa shape index (κ1) is 16.1. The molecule has 1 amide bonds. The summed E-state index contributed by atoms with van der Waals surface area (Å²) in [7, 11) is 1.73. The van der Waals surface area contributed by atoms with Gasteiger partial charge in [-0.05, 0) is 30.5 Å². The fourth-order valence-electron chi connectivity index (χ4n) is 1.70. The van der Waals surface area contributed by atoms with Crippen LogP contribution in [0.2, 0.25) is 0 Å². The molecule has 0 N–H and O–H groups in total. The van der Waals surface area contributed by atoms with Crippen molar-refractivity contribution in [3.63, 3.8) is 0 Å². The molecule has 0 heterocycles. The molecule has 5 heteroatoms. The molecule has 0 fully saturated rings. The number of carbonyl (C=O) groups is 1. The van der Waals surface area contributed by atoms with Gasteiger partial charge in [0.1, 0.15) is 0 Å². The van der Waals surface area contributed by atoms with Gasteiger partial charge in [0.2, 0.25) is 5.91 Å². The fraction of sp³-hybridized carbons (Fsp3) is 0.500. The third-order valence-electron chi connectivity index (χ3n) is 2.89. The van der Waals surface area contributed by atoms with E-state index in [1.54, 1.807) is 11.9 Å². The SMILES string of the molecule is CN(CCCCCBr)C(=O)Cc1ccc(F)c(F)c1. The van der Waals surface area contributed by atoms with Crippen molar-refractivity contribution in [2.24, 2.45) is 0 Å². The lowest BCUT2D eigenvalue weighted by Gasteiger charge is -2.17. The van der Waals surface area contributed by atoms with Crippen molar-refractivity contribution in [1.82, 2.24) is 4.90 Å². The second-order valence-corrected chi connectivity index (χ2v) is 5.28. The molecule has 0 aliphatic rings. The number of halogens is 3. The third kappa shape index (κ3) is 5.68. The van der Waals surface area contributed by atoms with Crippen molar-refractivity contribution in [1.29, 1.82) is 0 Å². The number of alkyl halides is 1. The summed E-state index contributed by atoms with van der Waals surface area (Å²) in [5, 5.41) is 0.972. The van der Waals surface area contributed by atoms with Crippen LogP contribution in [-0.4, -0.2) is 29.7 Å². The van der Waals surface area contributed by atoms with Gasteiger partial charge in [0.25, 0.3) is 0 Å². The Kier molecular flexibility index (Phi) is 6.99. The van der Waals surface area contributed by atoms with Crippen molar-refractivity contribution in [3.05, 3.63) is 35.4 Å². The number of hydrogen-bond donors (Lipinski definition) is 0. The molecular weight excluding hydrogens is 316 g/mol. The first-order chi connectivity index (χ1) is 9.04. The van der Waals surface area contributed by atoms with Crippen LogP contribution in [0.5, 0.6) is 0 Å². The summed E-state index contributed by atoms with van der Waals surface area (Å²) in [6, 6.07) is 3.56. The molecule has 1 rings (SSSR count). The number of amides is 1. The predicted molar refractivity (Wildman–Crippen MR) is 75.3 cm³/mol. The second kappa shape index (κ2) is 8.25. The number of nitrogens with zero attached hydrogens (tertiary/aromatic N) is 1. The fourth-order valence-corrected chi connectivity index (χ4v) is 2.10. The minimum atomic E-state index is -0.912. The van der Waals surface area contributed by atoms with Crippen LogP contribution in [0.25, 0.3) is 0 Å². The van der Waals surface area contributed by atoms with Gasteiger partial charge in [-0.1, -0.05) is 28.4 Å². The Morgan fingerprint density at radius 3 is 2.58 bits per heavy atom. The molecule has 106 valence electrons. The summed E-state index contributed by atoms with van der Waals surface area (Å²) in [4.78, 5) is 13.5. The van der Waals surface area contributed by atoms with Gasteiger partial charge in [-0.25, -0.2) is 8.78 Å². The van der Waals surface area contributed by atoms with E-state index in [0.29, 0.717) is 12.1 Å². The van der Waals surface area contributed by atoms with Gasteiger partial charge in [0.15, 0.2) is 11.6 Å². The van der Waals surface area contributed by atoms with E-state index in [4.69, 9.17) is 0 Å². The number of unbranched alkanes of at least 4 members (excludes halogenated alkanes) is 2. The van der Waals surface area contributed by atoms with Crippen molar-refractivity contribution in [2.75, 3.05) is 18.9 Å². The zero-order valence-electron chi connectivity index (χ0n) is 11.0. The molecule has 0 unspecified atom stereocenters.